The van der Waals surface area contributed by atoms with Gasteiger partial charge < -0.3 is 14.4 Å². The molecule has 1 aliphatic rings. The number of para-hydroxylation sites is 1. The van der Waals surface area contributed by atoms with Gasteiger partial charge in [-0.1, -0.05) is 18.2 Å². The fourth-order valence-electron chi connectivity index (χ4n) is 3.52. The molecule has 132 valence electrons. The highest BCUT2D eigenvalue weighted by atomic mass is 16.5. The molecular weight excluding hydrogens is 316 g/mol. The van der Waals surface area contributed by atoms with Crippen LogP contribution in [-0.2, 0) is 4.74 Å². The maximum atomic E-state index is 12.2. The molecule has 0 N–H and O–H groups in total. The van der Waals surface area contributed by atoms with E-state index < -0.39 is 0 Å². The van der Waals surface area contributed by atoms with Crippen molar-refractivity contribution in [3.05, 3.63) is 54.1 Å². The molecule has 0 radical (unpaired) electrons. The Hall–Kier alpha value is -2.69. The van der Waals surface area contributed by atoms with E-state index >= 15 is 0 Å². The Balaban J connectivity index is 1.97. The van der Waals surface area contributed by atoms with Crippen LogP contribution in [0.2, 0.25) is 0 Å². The molecule has 25 heavy (non-hydrogen) atoms. The van der Waals surface area contributed by atoms with Crippen molar-refractivity contribution in [2.24, 2.45) is 0 Å². The van der Waals surface area contributed by atoms with Crippen molar-refractivity contribution in [1.29, 1.82) is 0 Å². The highest BCUT2D eigenvalue weighted by molar-refractivity contribution is 5.90. The third-order valence-corrected chi connectivity index (χ3v) is 4.88. The first-order chi connectivity index (χ1) is 12.1. The first-order valence-electron chi connectivity index (χ1n) is 8.39. The Morgan fingerprint density at radius 2 is 1.80 bits per heavy atom. The van der Waals surface area contributed by atoms with E-state index in [0.717, 1.165) is 29.1 Å². The van der Waals surface area contributed by atoms with Crippen LogP contribution in [0.5, 0.6) is 5.75 Å². The first kappa shape index (κ1) is 17.1. The maximum Gasteiger partial charge on any atom is 0.414 e. The maximum absolute atomic E-state index is 12.2. The molecule has 0 saturated heterocycles. The second-order valence-electron chi connectivity index (χ2n) is 6.31. The van der Waals surface area contributed by atoms with Gasteiger partial charge in [-0.25, -0.2) is 4.79 Å². The van der Waals surface area contributed by atoms with Gasteiger partial charge in [0.1, 0.15) is 5.75 Å². The third-order valence-electron chi connectivity index (χ3n) is 4.88. The number of rotatable bonds is 3. The standard InChI is InChI=1S/C20H24N2O3/c1-14-13-19(21(2)15-9-11-16(24-3)12-10-15)17-7-5-6-8-18(17)22(14)20(23)25-4/h5-12,14,19H,13H2,1-4H3/t14-,19+/m1/s1. The van der Waals surface area contributed by atoms with Gasteiger partial charge in [-0.15, -0.1) is 0 Å². The monoisotopic (exact) mass is 340 g/mol. The molecule has 2 aromatic carbocycles. The van der Waals surface area contributed by atoms with Crippen LogP contribution >= 0.6 is 0 Å². The minimum atomic E-state index is -0.314. The average Bonchev–Trinajstić information content (AvgIpc) is 2.66. The molecule has 2 atom stereocenters. The van der Waals surface area contributed by atoms with Crippen LogP contribution in [0.3, 0.4) is 0 Å². The van der Waals surface area contributed by atoms with E-state index in [2.05, 4.69) is 37.1 Å². The van der Waals surface area contributed by atoms with Crippen LogP contribution in [0.25, 0.3) is 0 Å². The summed E-state index contributed by atoms with van der Waals surface area (Å²) < 4.78 is 10.2. The number of amides is 1. The van der Waals surface area contributed by atoms with E-state index in [1.54, 1.807) is 12.0 Å². The van der Waals surface area contributed by atoms with Gasteiger partial charge in [0.15, 0.2) is 0 Å². The van der Waals surface area contributed by atoms with Crippen LogP contribution in [0.1, 0.15) is 24.9 Å². The summed E-state index contributed by atoms with van der Waals surface area (Å²) in [6.07, 6.45) is 0.514. The molecule has 1 aliphatic heterocycles. The van der Waals surface area contributed by atoms with Crippen molar-refractivity contribution in [2.45, 2.75) is 25.4 Å². The van der Waals surface area contributed by atoms with Crippen molar-refractivity contribution >= 4 is 17.5 Å². The Kier molecular flexibility index (Phi) is 4.83. The predicted molar refractivity (Wildman–Crippen MR) is 99.5 cm³/mol. The number of carbonyl (C=O) groups is 1. The minimum Gasteiger partial charge on any atom is -0.497 e. The van der Waals surface area contributed by atoms with Gasteiger partial charge >= 0.3 is 6.09 Å². The number of benzene rings is 2. The zero-order chi connectivity index (χ0) is 18.0. The number of ether oxygens (including phenoxy) is 2. The van der Waals surface area contributed by atoms with E-state index in [9.17, 15) is 4.79 Å². The number of hydrogen-bond donors (Lipinski definition) is 0. The largest absolute Gasteiger partial charge is 0.497 e. The van der Waals surface area contributed by atoms with Gasteiger partial charge in [0.25, 0.3) is 0 Å². The zero-order valence-electron chi connectivity index (χ0n) is 15.1. The SMILES string of the molecule is COC(=O)N1c2ccccc2[C@@H](N(C)c2ccc(OC)cc2)C[C@H]1C. The Morgan fingerprint density at radius 1 is 1.12 bits per heavy atom. The molecule has 5 heteroatoms. The molecule has 0 fully saturated rings. The average molecular weight is 340 g/mol. The lowest BCUT2D eigenvalue weighted by Gasteiger charge is -2.42. The fourth-order valence-corrected chi connectivity index (χ4v) is 3.52. The van der Waals surface area contributed by atoms with Gasteiger partial charge in [-0.2, -0.15) is 0 Å². The summed E-state index contributed by atoms with van der Waals surface area (Å²) in [5.41, 5.74) is 3.15. The van der Waals surface area contributed by atoms with E-state index in [1.165, 1.54) is 7.11 Å². The quantitative estimate of drug-likeness (QED) is 0.838. The van der Waals surface area contributed by atoms with E-state index in [1.807, 2.05) is 30.3 Å². The van der Waals surface area contributed by atoms with Crippen LogP contribution in [0, 0.1) is 0 Å². The summed E-state index contributed by atoms with van der Waals surface area (Å²) in [4.78, 5) is 16.2. The number of carbonyl (C=O) groups excluding carboxylic acids is 1. The molecule has 1 amide bonds. The number of fused-ring (bicyclic) bond motifs is 1. The molecule has 3 rings (SSSR count). The smallest absolute Gasteiger partial charge is 0.414 e. The van der Waals surface area contributed by atoms with Crippen molar-refractivity contribution in [3.63, 3.8) is 0 Å². The molecule has 0 unspecified atom stereocenters. The third kappa shape index (κ3) is 3.14. The number of hydrogen-bond acceptors (Lipinski definition) is 4. The van der Waals surface area contributed by atoms with Crippen LogP contribution in [-0.4, -0.2) is 33.4 Å². The topological polar surface area (TPSA) is 42.0 Å². The molecule has 0 aromatic heterocycles. The lowest BCUT2D eigenvalue weighted by molar-refractivity contribution is 0.174. The van der Waals surface area contributed by atoms with Gasteiger partial charge in [0, 0.05) is 18.8 Å². The van der Waals surface area contributed by atoms with Crippen molar-refractivity contribution in [3.8, 4) is 5.75 Å². The van der Waals surface area contributed by atoms with Crippen LogP contribution in [0.15, 0.2) is 48.5 Å². The number of nitrogens with zero attached hydrogens (tertiary/aromatic N) is 2. The molecular formula is C20H24N2O3. The first-order valence-corrected chi connectivity index (χ1v) is 8.39. The second-order valence-corrected chi connectivity index (χ2v) is 6.31. The molecule has 0 saturated carbocycles. The molecule has 2 aromatic rings. The zero-order valence-corrected chi connectivity index (χ0v) is 15.1. The summed E-state index contributed by atoms with van der Waals surface area (Å²) in [5, 5.41) is 0. The van der Waals surface area contributed by atoms with Crippen molar-refractivity contribution in [1.82, 2.24) is 0 Å². The predicted octanol–water partition coefficient (Wildman–Crippen LogP) is 4.24. The molecule has 1 heterocycles. The van der Waals surface area contributed by atoms with Gasteiger partial charge in [0.2, 0.25) is 0 Å². The summed E-state index contributed by atoms with van der Waals surface area (Å²) in [6.45, 7) is 2.06. The van der Waals surface area contributed by atoms with Crippen molar-refractivity contribution < 1.29 is 14.3 Å². The van der Waals surface area contributed by atoms with E-state index in [4.69, 9.17) is 9.47 Å². The Morgan fingerprint density at radius 3 is 2.44 bits per heavy atom. The highest BCUT2D eigenvalue weighted by Gasteiger charge is 2.35. The Bertz CT molecular complexity index is 745. The summed E-state index contributed by atoms with van der Waals surface area (Å²) in [6, 6.07) is 16.3. The normalized spacial score (nSPS) is 19.1. The summed E-state index contributed by atoms with van der Waals surface area (Å²) in [7, 11) is 5.18. The summed E-state index contributed by atoms with van der Waals surface area (Å²) in [5.74, 6) is 0.839. The fraction of sp³-hybridized carbons (Fsp3) is 0.350. The van der Waals surface area contributed by atoms with Crippen LogP contribution in [0.4, 0.5) is 16.2 Å². The van der Waals surface area contributed by atoms with Crippen LogP contribution < -0.4 is 14.5 Å². The van der Waals surface area contributed by atoms with Gasteiger partial charge in [0.05, 0.1) is 25.9 Å². The van der Waals surface area contributed by atoms with Crippen molar-refractivity contribution in [2.75, 3.05) is 31.1 Å². The highest BCUT2D eigenvalue weighted by Crippen LogP contribution is 2.41. The molecule has 0 spiro atoms. The minimum absolute atomic E-state index is 0.0491. The lowest BCUT2D eigenvalue weighted by Crippen LogP contribution is -2.45. The molecule has 0 bridgehead atoms. The number of anilines is 2. The second kappa shape index (κ2) is 7.05. The lowest BCUT2D eigenvalue weighted by atomic mass is 9.90. The van der Waals surface area contributed by atoms with E-state index in [0.29, 0.717) is 0 Å². The molecule has 0 aliphatic carbocycles. The molecule has 5 nitrogen and oxygen atoms in total. The van der Waals surface area contributed by atoms with Gasteiger partial charge in [-0.05, 0) is 49.2 Å². The Labute approximate surface area is 148 Å². The number of methoxy groups -OCH3 is 2. The van der Waals surface area contributed by atoms with E-state index in [-0.39, 0.29) is 18.2 Å². The summed E-state index contributed by atoms with van der Waals surface area (Å²) >= 11 is 0. The van der Waals surface area contributed by atoms with Gasteiger partial charge in [-0.3, -0.25) is 4.90 Å².